The van der Waals surface area contributed by atoms with Gasteiger partial charge in [0.1, 0.15) is 11.5 Å². The molecule has 1 heterocycles. The molecule has 1 aromatic heterocycles. The van der Waals surface area contributed by atoms with Gasteiger partial charge in [-0.1, -0.05) is 11.6 Å². The highest BCUT2D eigenvalue weighted by Gasteiger charge is 2.02. The van der Waals surface area contributed by atoms with Crippen LogP contribution in [0.25, 0.3) is 6.08 Å². The fourth-order valence-corrected chi connectivity index (χ4v) is 1.49. The van der Waals surface area contributed by atoms with Crippen LogP contribution in [0.1, 0.15) is 5.76 Å². The van der Waals surface area contributed by atoms with E-state index in [9.17, 15) is 9.90 Å². The second kappa shape index (κ2) is 5.42. The maximum atomic E-state index is 11.6. The molecule has 0 saturated carbocycles. The molecule has 4 nitrogen and oxygen atoms in total. The number of furan rings is 1. The van der Waals surface area contributed by atoms with E-state index in [1.165, 1.54) is 24.5 Å². The van der Waals surface area contributed by atoms with Crippen molar-refractivity contribution in [2.75, 3.05) is 5.32 Å². The summed E-state index contributed by atoms with van der Waals surface area (Å²) in [6.45, 7) is 0. The minimum absolute atomic E-state index is 0.0270. The number of benzene rings is 1. The third-order valence-electron chi connectivity index (χ3n) is 2.16. The lowest BCUT2D eigenvalue weighted by atomic mass is 10.3. The van der Waals surface area contributed by atoms with Gasteiger partial charge in [0.2, 0.25) is 5.91 Å². The molecule has 0 aliphatic rings. The van der Waals surface area contributed by atoms with Crippen molar-refractivity contribution in [3.8, 4) is 5.75 Å². The zero-order chi connectivity index (χ0) is 13.0. The molecule has 1 amide bonds. The van der Waals surface area contributed by atoms with Gasteiger partial charge in [-0.05, 0) is 36.4 Å². The maximum absolute atomic E-state index is 11.6. The van der Waals surface area contributed by atoms with Crippen LogP contribution in [0.3, 0.4) is 0 Å². The van der Waals surface area contributed by atoms with Crippen LogP contribution in [0.5, 0.6) is 5.75 Å². The first-order chi connectivity index (χ1) is 8.65. The monoisotopic (exact) mass is 263 g/mol. The van der Waals surface area contributed by atoms with Crippen LogP contribution in [0, 0.1) is 0 Å². The number of phenolic OH excluding ortho intramolecular Hbond substituents is 1. The van der Waals surface area contributed by atoms with Gasteiger partial charge >= 0.3 is 0 Å². The Hall–Kier alpha value is -2.20. The van der Waals surface area contributed by atoms with E-state index in [4.69, 9.17) is 16.0 Å². The topological polar surface area (TPSA) is 62.5 Å². The molecule has 5 heteroatoms. The van der Waals surface area contributed by atoms with Crippen molar-refractivity contribution in [2.45, 2.75) is 0 Å². The van der Waals surface area contributed by atoms with Crippen molar-refractivity contribution in [3.63, 3.8) is 0 Å². The molecule has 0 radical (unpaired) electrons. The van der Waals surface area contributed by atoms with Gasteiger partial charge in [0, 0.05) is 11.8 Å². The van der Waals surface area contributed by atoms with Crippen molar-refractivity contribution in [2.24, 2.45) is 0 Å². The van der Waals surface area contributed by atoms with Crippen LogP contribution in [-0.4, -0.2) is 11.0 Å². The molecule has 0 atom stereocenters. The number of amides is 1. The smallest absolute Gasteiger partial charge is 0.248 e. The van der Waals surface area contributed by atoms with Gasteiger partial charge in [-0.15, -0.1) is 0 Å². The molecule has 2 rings (SSSR count). The molecule has 0 bridgehead atoms. The lowest BCUT2D eigenvalue weighted by Crippen LogP contribution is -2.07. The number of carbonyl (C=O) groups excluding carboxylic acids is 1. The van der Waals surface area contributed by atoms with E-state index < -0.39 is 0 Å². The van der Waals surface area contributed by atoms with Gasteiger partial charge in [0.25, 0.3) is 0 Å². The summed E-state index contributed by atoms with van der Waals surface area (Å²) in [5.41, 5.74) is 0.506. The average molecular weight is 264 g/mol. The quantitative estimate of drug-likeness (QED) is 0.660. The predicted octanol–water partition coefficient (Wildman–Crippen LogP) is 3.29. The Kier molecular flexibility index (Phi) is 3.69. The van der Waals surface area contributed by atoms with Crippen LogP contribution < -0.4 is 5.32 Å². The fraction of sp³-hybridized carbons (Fsp3) is 0. The van der Waals surface area contributed by atoms with Gasteiger partial charge in [0.15, 0.2) is 0 Å². The number of phenols is 1. The number of anilines is 1. The van der Waals surface area contributed by atoms with Crippen molar-refractivity contribution in [1.82, 2.24) is 0 Å². The third kappa shape index (κ3) is 3.15. The van der Waals surface area contributed by atoms with E-state index >= 15 is 0 Å². The van der Waals surface area contributed by atoms with Crippen molar-refractivity contribution in [1.29, 1.82) is 0 Å². The van der Waals surface area contributed by atoms with E-state index in [0.29, 0.717) is 11.4 Å². The number of hydrogen-bond acceptors (Lipinski definition) is 3. The number of aromatic hydroxyl groups is 1. The minimum atomic E-state index is -0.312. The zero-order valence-electron chi connectivity index (χ0n) is 9.26. The van der Waals surface area contributed by atoms with E-state index in [2.05, 4.69) is 5.32 Å². The Bertz CT molecular complexity index is 576. The Balaban J connectivity index is 2.01. The number of carbonyl (C=O) groups is 1. The summed E-state index contributed by atoms with van der Waals surface area (Å²) in [5.74, 6) is 0.253. The first-order valence-corrected chi connectivity index (χ1v) is 5.54. The van der Waals surface area contributed by atoms with Crippen LogP contribution in [0.15, 0.2) is 47.1 Å². The van der Waals surface area contributed by atoms with Gasteiger partial charge in [-0.2, -0.15) is 0 Å². The van der Waals surface area contributed by atoms with Gasteiger partial charge in [-0.3, -0.25) is 4.79 Å². The summed E-state index contributed by atoms with van der Waals surface area (Å²) < 4.78 is 5.05. The molecule has 2 N–H and O–H groups in total. The molecule has 92 valence electrons. The summed E-state index contributed by atoms with van der Waals surface area (Å²) in [4.78, 5) is 11.6. The molecule has 0 aliphatic heterocycles. The maximum Gasteiger partial charge on any atom is 0.248 e. The largest absolute Gasteiger partial charge is 0.506 e. The third-order valence-corrected chi connectivity index (χ3v) is 2.46. The molecule has 18 heavy (non-hydrogen) atoms. The summed E-state index contributed by atoms with van der Waals surface area (Å²) in [6.07, 6.45) is 4.42. The highest BCUT2D eigenvalue weighted by atomic mass is 35.5. The fourth-order valence-electron chi connectivity index (χ4n) is 1.31. The van der Waals surface area contributed by atoms with E-state index in [1.807, 2.05) is 0 Å². The summed E-state index contributed by atoms with van der Waals surface area (Å²) >= 11 is 5.72. The van der Waals surface area contributed by atoms with Crippen LogP contribution in [0.4, 0.5) is 5.69 Å². The highest BCUT2D eigenvalue weighted by molar-refractivity contribution is 6.32. The second-order valence-corrected chi connectivity index (χ2v) is 3.91. The first kappa shape index (κ1) is 12.3. The molecule has 0 fully saturated rings. The number of nitrogens with one attached hydrogen (secondary N) is 1. The minimum Gasteiger partial charge on any atom is -0.506 e. The van der Waals surface area contributed by atoms with Gasteiger partial charge in [-0.25, -0.2) is 0 Å². The molecule has 0 spiro atoms. The molecule has 2 aromatic rings. The Morgan fingerprint density at radius 1 is 1.39 bits per heavy atom. The number of hydrogen-bond donors (Lipinski definition) is 2. The Labute approximate surface area is 108 Å². The average Bonchev–Trinajstić information content (AvgIpc) is 2.84. The van der Waals surface area contributed by atoms with E-state index in [-0.39, 0.29) is 16.7 Å². The molecule has 1 aromatic carbocycles. The number of halogens is 1. The van der Waals surface area contributed by atoms with E-state index in [1.54, 1.807) is 24.3 Å². The Morgan fingerprint density at radius 3 is 2.89 bits per heavy atom. The van der Waals surface area contributed by atoms with Crippen molar-refractivity contribution < 1.29 is 14.3 Å². The molecule has 0 unspecified atom stereocenters. The zero-order valence-corrected chi connectivity index (χ0v) is 10.0. The van der Waals surface area contributed by atoms with E-state index in [0.717, 1.165) is 0 Å². The van der Waals surface area contributed by atoms with Crippen molar-refractivity contribution >= 4 is 29.3 Å². The molecule has 0 saturated heterocycles. The van der Waals surface area contributed by atoms with Gasteiger partial charge < -0.3 is 14.8 Å². The SMILES string of the molecule is O=C(C=Cc1ccco1)Nc1ccc(O)c(Cl)c1. The lowest BCUT2D eigenvalue weighted by molar-refractivity contribution is -0.111. The van der Waals surface area contributed by atoms with Crippen molar-refractivity contribution in [3.05, 3.63) is 53.5 Å². The normalized spacial score (nSPS) is 10.7. The summed E-state index contributed by atoms with van der Waals surface area (Å²) in [6, 6.07) is 7.90. The highest BCUT2D eigenvalue weighted by Crippen LogP contribution is 2.25. The number of rotatable bonds is 3. The van der Waals surface area contributed by atoms with Crippen LogP contribution in [-0.2, 0) is 4.79 Å². The molecule has 0 aliphatic carbocycles. The summed E-state index contributed by atoms with van der Waals surface area (Å²) in [7, 11) is 0. The summed E-state index contributed by atoms with van der Waals surface area (Å²) in [5, 5.41) is 12.0. The second-order valence-electron chi connectivity index (χ2n) is 3.50. The van der Waals surface area contributed by atoms with Crippen LogP contribution >= 0.6 is 11.6 Å². The standard InChI is InChI=1S/C13H10ClNO3/c14-11-8-9(3-5-12(11)16)15-13(17)6-4-10-2-1-7-18-10/h1-8,16H,(H,15,17). The Morgan fingerprint density at radius 2 is 2.22 bits per heavy atom. The van der Waals surface area contributed by atoms with Gasteiger partial charge in [0.05, 0.1) is 11.3 Å². The van der Waals surface area contributed by atoms with Crippen LogP contribution in [0.2, 0.25) is 5.02 Å². The lowest BCUT2D eigenvalue weighted by Gasteiger charge is -2.03. The first-order valence-electron chi connectivity index (χ1n) is 5.16. The molecular formula is C13H10ClNO3. The predicted molar refractivity (Wildman–Crippen MR) is 69.5 cm³/mol. The molecular weight excluding hydrogens is 254 g/mol.